The van der Waals surface area contributed by atoms with Crippen molar-refractivity contribution in [2.75, 3.05) is 0 Å². The van der Waals surface area contributed by atoms with E-state index >= 15 is 0 Å². The zero-order chi connectivity index (χ0) is 11.6. The van der Waals surface area contributed by atoms with Gasteiger partial charge in [-0.15, -0.1) is 0 Å². The monoisotopic (exact) mass is 225 g/mol. The van der Waals surface area contributed by atoms with Gasteiger partial charge in [0.25, 0.3) is 0 Å². The van der Waals surface area contributed by atoms with E-state index < -0.39 is 5.60 Å². The quantitative estimate of drug-likeness (QED) is 0.771. The second-order valence-corrected chi connectivity index (χ2v) is 5.69. The number of aliphatic hydroxyl groups is 1. The molecule has 2 rings (SSSR count). The van der Waals surface area contributed by atoms with Gasteiger partial charge < -0.3 is 10.4 Å². The number of carbonyl (C=O) groups is 1. The summed E-state index contributed by atoms with van der Waals surface area (Å²) in [6, 6.07) is 0.345. The molecule has 0 saturated heterocycles. The molecule has 2 atom stereocenters. The Morgan fingerprint density at radius 1 is 1.31 bits per heavy atom. The van der Waals surface area contributed by atoms with Crippen LogP contribution in [0.4, 0.5) is 0 Å². The van der Waals surface area contributed by atoms with Gasteiger partial charge in [0.1, 0.15) is 0 Å². The first-order chi connectivity index (χ1) is 7.59. The minimum atomic E-state index is -0.702. The maximum atomic E-state index is 11.8. The fourth-order valence-electron chi connectivity index (χ4n) is 3.13. The van der Waals surface area contributed by atoms with Crippen LogP contribution in [-0.4, -0.2) is 22.7 Å². The normalized spacial score (nSPS) is 32.9. The van der Waals surface area contributed by atoms with E-state index in [0.29, 0.717) is 18.4 Å². The summed E-state index contributed by atoms with van der Waals surface area (Å²) in [5.41, 5.74) is -0.702. The molecule has 0 bridgehead atoms. The van der Waals surface area contributed by atoms with E-state index in [2.05, 4.69) is 12.2 Å². The van der Waals surface area contributed by atoms with Crippen LogP contribution < -0.4 is 5.32 Å². The van der Waals surface area contributed by atoms with Gasteiger partial charge in [0.2, 0.25) is 5.91 Å². The van der Waals surface area contributed by atoms with Crippen molar-refractivity contribution in [1.82, 2.24) is 5.32 Å². The van der Waals surface area contributed by atoms with E-state index in [9.17, 15) is 9.90 Å². The molecule has 2 saturated carbocycles. The summed E-state index contributed by atoms with van der Waals surface area (Å²) in [4.78, 5) is 11.8. The van der Waals surface area contributed by atoms with Gasteiger partial charge >= 0.3 is 0 Å². The van der Waals surface area contributed by atoms with Crippen LogP contribution in [0.15, 0.2) is 0 Å². The van der Waals surface area contributed by atoms with Crippen LogP contribution in [-0.2, 0) is 4.79 Å². The number of hydrogen-bond acceptors (Lipinski definition) is 2. The van der Waals surface area contributed by atoms with Gasteiger partial charge in [0.05, 0.1) is 12.0 Å². The van der Waals surface area contributed by atoms with Crippen LogP contribution in [0.5, 0.6) is 0 Å². The smallest absolute Gasteiger partial charge is 0.223 e. The van der Waals surface area contributed by atoms with E-state index in [-0.39, 0.29) is 5.91 Å². The van der Waals surface area contributed by atoms with Crippen molar-refractivity contribution in [2.24, 2.45) is 5.92 Å². The lowest BCUT2D eigenvalue weighted by Gasteiger charge is -2.24. The Kier molecular flexibility index (Phi) is 3.53. The van der Waals surface area contributed by atoms with Crippen molar-refractivity contribution in [1.29, 1.82) is 0 Å². The molecule has 0 aromatic heterocycles. The molecule has 0 aromatic carbocycles. The molecule has 1 amide bonds. The highest BCUT2D eigenvalue weighted by Gasteiger charge is 2.34. The SMILES string of the molecule is CC1CCCC1NC(=O)CC1(O)CCCC1. The zero-order valence-electron chi connectivity index (χ0n) is 10.2. The van der Waals surface area contributed by atoms with Crippen molar-refractivity contribution in [3.8, 4) is 0 Å². The van der Waals surface area contributed by atoms with Crippen LogP contribution in [0, 0.1) is 5.92 Å². The van der Waals surface area contributed by atoms with Crippen LogP contribution in [0.3, 0.4) is 0 Å². The third-order valence-electron chi connectivity index (χ3n) is 4.23. The Morgan fingerprint density at radius 3 is 2.56 bits per heavy atom. The predicted molar refractivity (Wildman–Crippen MR) is 63.0 cm³/mol. The Morgan fingerprint density at radius 2 is 2.00 bits per heavy atom. The topological polar surface area (TPSA) is 49.3 Å². The summed E-state index contributed by atoms with van der Waals surface area (Å²) in [5, 5.41) is 13.2. The van der Waals surface area contributed by atoms with Crippen molar-refractivity contribution >= 4 is 5.91 Å². The standard InChI is InChI=1S/C13H23NO2/c1-10-5-4-6-11(10)14-12(15)9-13(16)7-2-3-8-13/h10-11,16H,2-9H2,1H3,(H,14,15). The van der Waals surface area contributed by atoms with Gasteiger partial charge in [-0.2, -0.15) is 0 Å². The fourth-order valence-corrected chi connectivity index (χ4v) is 3.13. The van der Waals surface area contributed by atoms with Crippen LogP contribution >= 0.6 is 0 Å². The number of hydrogen-bond donors (Lipinski definition) is 2. The Balaban J connectivity index is 1.79. The van der Waals surface area contributed by atoms with Crippen LogP contribution in [0.2, 0.25) is 0 Å². The number of amides is 1. The average molecular weight is 225 g/mol. The molecule has 0 aliphatic heterocycles. The van der Waals surface area contributed by atoms with Gasteiger partial charge in [-0.3, -0.25) is 4.79 Å². The maximum Gasteiger partial charge on any atom is 0.223 e. The first-order valence-electron chi connectivity index (χ1n) is 6.61. The molecule has 2 aliphatic rings. The second-order valence-electron chi connectivity index (χ2n) is 5.69. The molecule has 2 N–H and O–H groups in total. The Labute approximate surface area is 97.6 Å². The van der Waals surface area contributed by atoms with Crippen molar-refractivity contribution in [2.45, 2.75) is 69.9 Å². The van der Waals surface area contributed by atoms with Crippen molar-refractivity contribution in [3.63, 3.8) is 0 Å². The fraction of sp³-hybridized carbons (Fsp3) is 0.923. The first kappa shape index (κ1) is 11.9. The lowest BCUT2D eigenvalue weighted by Crippen LogP contribution is -2.41. The van der Waals surface area contributed by atoms with Gasteiger partial charge in [-0.25, -0.2) is 0 Å². The molecule has 16 heavy (non-hydrogen) atoms. The minimum Gasteiger partial charge on any atom is -0.389 e. The highest BCUT2D eigenvalue weighted by molar-refractivity contribution is 5.77. The van der Waals surface area contributed by atoms with Gasteiger partial charge in [-0.05, 0) is 31.6 Å². The Bertz CT molecular complexity index is 259. The average Bonchev–Trinajstić information content (AvgIpc) is 2.77. The number of carbonyl (C=O) groups excluding carboxylic acids is 1. The zero-order valence-corrected chi connectivity index (χ0v) is 10.2. The van der Waals surface area contributed by atoms with E-state index in [0.717, 1.165) is 32.1 Å². The number of nitrogens with one attached hydrogen (secondary N) is 1. The van der Waals surface area contributed by atoms with E-state index in [1.54, 1.807) is 0 Å². The van der Waals surface area contributed by atoms with Gasteiger partial charge in [-0.1, -0.05) is 26.2 Å². The summed E-state index contributed by atoms with van der Waals surface area (Å²) in [6.45, 7) is 2.20. The number of rotatable bonds is 3. The van der Waals surface area contributed by atoms with Gasteiger partial charge in [0.15, 0.2) is 0 Å². The molecule has 0 aromatic rings. The molecule has 0 heterocycles. The lowest BCUT2D eigenvalue weighted by molar-refractivity contribution is -0.126. The summed E-state index contributed by atoms with van der Waals surface area (Å²) in [6.07, 6.45) is 7.54. The third-order valence-corrected chi connectivity index (χ3v) is 4.23. The molecule has 2 aliphatic carbocycles. The van der Waals surface area contributed by atoms with Crippen LogP contribution in [0.25, 0.3) is 0 Å². The molecule has 92 valence electrons. The molecule has 0 radical (unpaired) electrons. The predicted octanol–water partition coefficient (Wildman–Crippen LogP) is 1.99. The summed E-state index contributed by atoms with van der Waals surface area (Å²) in [7, 11) is 0. The molecular formula is C13H23NO2. The van der Waals surface area contributed by atoms with E-state index in [1.165, 1.54) is 12.8 Å². The van der Waals surface area contributed by atoms with Crippen LogP contribution in [0.1, 0.15) is 58.3 Å². The Hall–Kier alpha value is -0.570. The van der Waals surface area contributed by atoms with Gasteiger partial charge in [0, 0.05) is 6.04 Å². The molecule has 3 nitrogen and oxygen atoms in total. The summed E-state index contributed by atoms with van der Waals surface area (Å²) in [5.74, 6) is 0.644. The second kappa shape index (κ2) is 4.74. The lowest BCUT2D eigenvalue weighted by atomic mass is 9.97. The largest absolute Gasteiger partial charge is 0.389 e. The van der Waals surface area contributed by atoms with Crippen molar-refractivity contribution in [3.05, 3.63) is 0 Å². The molecular weight excluding hydrogens is 202 g/mol. The molecule has 2 unspecified atom stereocenters. The maximum absolute atomic E-state index is 11.8. The van der Waals surface area contributed by atoms with Crippen molar-refractivity contribution < 1.29 is 9.90 Å². The summed E-state index contributed by atoms with van der Waals surface area (Å²) < 4.78 is 0. The summed E-state index contributed by atoms with van der Waals surface area (Å²) >= 11 is 0. The van der Waals surface area contributed by atoms with E-state index in [1.807, 2.05) is 0 Å². The minimum absolute atomic E-state index is 0.0446. The molecule has 3 heteroatoms. The third kappa shape index (κ3) is 2.76. The molecule has 2 fully saturated rings. The highest BCUT2D eigenvalue weighted by Crippen LogP contribution is 2.32. The molecule has 0 spiro atoms. The van der Waals surface area contributed by atoms with E-state index in [4.69, 9.17) is 0 Å². The first-order valence-corrected chi connectivity index (χ1v) is 6.61. The highest BCUT2D eigenvalue weighted by atomic mass is 16.3.